The van der Waals surface area contributed by atoms with E-state index < -0.39 is 17.2 Å². The third kappa shape index (κ3) is 2.54. The molecule has 0 aliphatic rings. The fourth-order valence-electron chi connectivity index (χ4n) is 1.27. The van der Waals surface area contributed by atoms with Crippen molar-refractivity contribution in [2.24, 2.45) is 0 Å². The van der Waals surface area contributed by atoms with Gasteiger partial charge in [0.15, 0.2) is 10.7 Å². The molecule has 0 saturated carbocycles. The molecule has 1 rings (SSSR count). The first-order valence-electron chi connectivity index (χ1n) is 4.74. The van der Waals surface area contributed by atoms with Gasteiger partial charge < -0.3 is 9.84 Å². The van der Waals surface area contributed by atoms with Crippen molar-refractivity contribution in [2.75, 3.05) is 6.61 Å². The van der Waals surface area contributed by atoms with E-state index in [1.165, 1.54) is 6.92 Å². The first-order valence-corrected chi connectivity index (χ1v) is 5.15. The SMILES string of the molecule is CCOC(=S)C(C)(O)c1ccc(F)cc1F. The molecule has 16 heavy (non-hydrogen) atoms. The minimum Gasteiger partial charge on any atom is -0.484 e. The molecule has 0 amide bonds. The Morgan fingerprint density at radius 3 is 2.62 bits per heavy atom. The number of thiocarbonyl (C=S) groups is 1. The summed E-state index contributed by atoms with van der Waals surface area (Å²) < 4.78 is 31.1. The normalized spacial score (nSPS) is 14.3. The lowest BCUT2D eigenvalue weighted by molar-refractivity contribution is 0.0984. The number of aliphatic hydroxyl groups is 1. The molecule has 0 spiro atoms. The zero-order valence-electron chi connectivity index (χ0n) is 8.96. The fraction of sp³-hybridized carbons (Fsp3) is 0.364. The summed E-state index contributed by atoms with van der Waals surface area (Å²) in [4.78, 5) is 0. The van der Waals surface area contributed by atoms with Crippen molar-refractivity contribution in [3.8, 4) is 0 Å². The summed E-state index contributed by atoms with van der Waals surface area (Å²) in [6.45, 7) is 3.28. The van der Waals surface area contributed by atoms with E-state index in [0.717, 1.165) is 12.1 Å². The number of halogens is 2. The molecule has 1 aromatic rings. The predicted molar refractivity (Wildman–Crippen MR) is 60.2 cm³/mol. The number of hydrogen-bond donors (Lipinski definition) is 1. The van der Waals surface area contributed by atoms with Crippen LogP contribution in [0.1, 0.15) is 19.4 Å². The average molecular weight is 246 g/mol. The summed E-state index contributed by atoms with van der Waals surface area (Å²) in [5, 5.41) is 9.89. The van der Waals surface area contributed by atoms with Gasteiger partial charge in [0.25, 0.3) is 0 Å². The van der Waals surface area contributed by atoms with Crippen LogP contribution in [-0.2, 0) is 10.3 Å². The summed E-state index contributed by atoms with van der Waals surface area (Å²) in [6, 6.07) is 2.90. The molecule has 0 heterocycles. The van der Waals surface area contributed by atoms with Crippen LogP contribution in [0, 0.1) is 11.6 Å². The standard InChI is InChI=1S/C11H12F2O2S/c1-3-15-10(16)11(2,14)8-5-4-7(12)6-9(8)13/h4-6,14H,3H2,1-2H3. The van der Waals surface area contributed by atoms with Crippen LogP contribution in [0.5, 0.6) is 0 Å². The molecule has 0 aromatic heterocycles. The second-order valence-corrected chi connectivity index (χ2v) is 3.79. The van der Waals surface area contributed by atoms with E-state index in [2.05, 4.69) is 0 Å². The van der Waals surface area contributed by atoms with Crippen molar-refractivity contribution in [1.82, 2.24) is 0 Å². The van der Waals surface area contributed by atoms with Crippen LogP contribution in [0.15, 0.2) is 18.2 Å². The number of ether oxygens (including phenoxy) is 1. The molecule has 0 bridgehead atoms. The van der Waals surface area contributed by atoms with Crippen LogP contribution in [0.2, 0.25) is 0 Å². The van der Waals surface area contributed by atoms with E-state index in [-0.39, 0.29) is 17.2 Å². The molecule has 1 aromatic carbocycles. The first kappa shape index (κ1) is 13.0. The van der Waals surface area contributed by atoms with Gasteiger partial charge in [0.1, 0.15) is 11.6 Å². The molecule has 88 valence electrons. The Morgan fingerprint density at radius 1 is 1.50 bits per heavy atom. The van der Waals surface area contributed by atoms with Crippen LogP contribution in [-0.4, -0.2) is 16.8 Å². The summed E-state index contributed by atoms with van der Waals surface area (Å²) in [5.74, 6) is -1.56. The monoisotopic (exact) mass is 246 g/mol. The zero-order valence-corrected chi connectivity index (χ0v) is 9.78. The number of hydrogen-bond acceptors (Lipinski definition) is 3. The van der Waals surface area contributed by atoms with Crippen molar-refractivity contribution >= 4 is 17.3 Å². The Hall–Kier alpha value is -1.07. The highest BCUT2D eigenvalue weighted by Crippen LogP contribution is 2.26. The second-order valence-electron chi connectivity index (χ2n) is 3.42. The number of rotatable bonds is 3. The molecule has 0 saturated heterocycles. The molecular weight excluding hydrogens is 234 g/mol. The topological polar surface area (TPSA) is 29.5 Å². The van der Waals surface area contributed by atoms with Gasteiger partial charge in [-0.15, -0.1) is 0 Å². The van der Waals surface area contributed by atoms with Gasteiger partial charge in [-0.1, -0.05) is 0 Å². The van der Waals surface area contributed by atoms with Gasteiger partial charge in [0.05, 0.1) is 6.61 Å². The smallest absolute Gasteiger partial charge is 0.196 e. The molecule has 0 fully saturated rings. The van der Waals surface area contributed by atoms with Gasteiger partial charge in [0, 0.05) is 11.6 Å². The molecule has 1 unspecified atom stereocenters. The lowest BCUT2D eigenvalue weighted by atomic mass is 9.96. The molecule has 0 aliphatic carbocycles. The van der Waals surface area contributed by atoms with E-state index >= 15 is 0 Å². The van der Waals surface area contributed by atoms with Crippen LogP contribution in [0.3, 0.4) is 0 Å². The molecule has 5 heteroatoms. The average Bonchev–Trinajstić information content (AvgIpc) is 2.17. The zero-order chi connectivity index (χ0) is 12.3. The maximum Gasteiger partial charge on any atom is 0.196 e. The molecular formula is C11H12F2O2S. The molecule has 0 radical (unpaired) electrons. The Morgan fingerprint density at radius 2 is 2.12 bits per heavy atom. The van der Waals surface area contributed by atoms with E-state index in [0.29, 0.717) is 6.07 Å². The fourth-order valence-corrected chi connectivity index (χ4v) is 1.49. The Balaban J connectivity index is 3.11. The van der Waals surface area contributed by atoms with Crippen LogP contribution >= 0.6 is 12.2 Å². The van der Waals surface area contributed by atoms with E-state index in [4.69, 9.17) is 17.0 Å². The Labute approximate surface area is 97.9 Å². The van der Waals surface area contributed by atoms with Crippen molar-refractivity contribution < 1.29 is 18.6 Å². The minimum atomic E-state index is -1.75. The quantitative estimate of drug-likeness (QED) is 0.831. The van der Waals surface area contributed by atoms with Gasteiger partial charge in [-0.05, 0) is 38.2 Å². The third-order valence-corrected chi connectivity index (χ3v) is 2.64. The summed E-state index contributed by atoms with van der Waals surface area (Å²) >= 11 is 4.83. The molecule has 0 aliphatic heterocycles. The van der Waals surface area contributed by atoms with Crippen LogP contribution in [0.4, 0.5) is 8.78 Å². The third-order valence-electron chi connectivity index (χ3n) is 2.13. The van der Waals surface area contributed by atoms with Gasteiger partial charge in [-0.3, -0.25) is 0 Å². The highest BCUT2D eigenvalue weighted by Gasteiger charge is 2.33. The predicted octanol–water partition coefficient (Wildman–Crippen LogP) is 2.54. The molecule has 2 nitrogen and oxygen atoms in total. The summed E-state index contributed by atoms with van der Waals surface area (Å²) in [5.41, 5.74) is -1.85. The van der Waals surface area contributed by atoms with Crippen molar-refractivity contribution in [1.29, 1.82) is 0 Å². The van der Waals surface area contributed by atoms with Crippen molar-refractivity contribution in [3.05, 3.63) is 35.4 Å². The maximum absolute atomic E-state index is 13.4. The number of benzene rings is 1. The van der Waals surface area contributed by atoms with Crippen LogP contribution < -0.4 is 0 Å². The molecule has 1 atom stereocenters. The van der Waals surface area contributed by atoms with Crippen LogP contribution in [0.25, 0.3) is 0 Å². The van der Waals surface area contributed by atoms with Crippen molar-refractivity contribution in [3.63, 3.8) is 0 Å². The summed E-state index contributed by atoms with van der Waals surface area (Å²) in [7, 11) is 0. The van der Waals surface area contributed by atoms with Gasteiger partial charge in [0.2, 0.25) is 0 Å². The van der Waals surface area contributed by atoms with Gasteiger partial charge in [-0.25, -0.2) is 8.78 Å². The first-order chi connectivity index (χ1) is 7.39. The highest BCUT2D eigenvalue weighted by molar-refractivity contribution is 7.80. The van der Waals surface area contributed by atoms with E-state index in [9.17, 15) is 13.9 Å². The lowest BCUT2D eigenvalue weighted by Gasteiger charge is -2.24. The van der Waals surface area contributed by atoms with Crippen molar-refractivity contribution in [2.45, 2.75) is 19.4 Å². The molecule has 1 N–H and O–H groups in total. The van der Waals surface area contributed by atoms with E-state index in [1.54, 1.807) is 6.92 Å². The Kier molecular flexibility index (Phi) is 3.93. The van der Waals surface area contributed by atoms with Gasteiger partial charge >= 0.3 is 0 Å². The van der Waals surface area contributed by atoms with Gasteiger partial charge in [-0.2, -0.15) is 0 Å². The minimum absolute atomic E-state index is 0.104. The highest BCUT2D eigenvalue weighted by atomic mass is 32.1. The maximum atomic E-state index is 13.4. The lowest BCUT2D eigenvalue weighted by Crippen LogP contribution is -2.33. The largest absolute Gasteiger partial charge is 0.484 e. The Bertz CT molecular complexity index is 405. The second kappa shape index (κ2) is 4.84. The summed E-state index contributed by atoms with van der Waals surface area (Å²) in [6.07, 6.45) is 0. The van der Waals surface area contributed by atoms with E-state index in [1.807, 2.05) is 0 Å².